The van der Waals surface area contributed by atoms with Gasteiger partial charge in [-0.3, -0.25) is 0 Å². The summed E-state index contributed by atoms with van der Waals surface area (Å²) in [5.41, 5.74) is 5.71. The number of anilines is 1. The summed E-state index contributed by atoms with van der Waals surface area (Å²) in [6, 6.07) is 0. The standard InChI is InChI=1S/C12H19N3O3/c1-16-8-4-3-5-9(6-8)18-12-10(17-2)11(13)14-7-15-12/h7-9H,3-6H2,1-2H3,(H2,13,14,15). The molecule has 1 heterocycles. The number of aromatic nitrogens is 2. The molecule has 2 atom stereocenters. The maximum Gasteiger partial charge on any atom is 0.262 e. The molecule has 6 heteroatoms. The van der Waals surface area contributed by atoms with Crippen molar-refractivity contribution in [2.24, 2.45) is 0 Å². The molecule has 0 saturated heterocycles. The second-order valence-electron chi connectivity index (χ2n) is 4.36. The van der Waals surface area contributed by atoms with Crippen LogP contribution in [-0.2, 0) is 4.74 Å². The van der Waals surface area contributed by atoms with Crippen LogP contribution in [-0.4, -0.2) is 36.4 Å². The topological polar surface area (TPSA) is 79.5 Å². The summed E-state index contributed by atoms with van der Waals surface area (Å²) in [7, 11) is 3.26. The zero-order chi connectivity index (χ0) is 13.0. The van der Waals surface area contributed by atoms with Crippen LogP contribution in [0.5, 0.6) is 11.6 Å². The van der Waals surface area contributed by atoms with Gasteiger partial charge in [-0.05, 0) is 19.3 Å². The Morgan fingerprint density at radius 3 is 2.72 bits per heavy atom. The minimum atomic E-state index is 0.0897. The Kier molecular flexibility index (Phi) is 4.19. The molecule has 1 fully saturated rings. The number of hydrogen-bond donors (Lipinski definition) is 1. The van der Waals surface area contributed by atoms with Gasteiger partial charge in [0, 0.05) is 13.5 Å². The van der Waals surface area contributed by atoms with E-state index in [9.17, 15) is 0 Å². The van der Waals surface area contributed by atoms with E-state index in [0.717, 1.165) is 25.7 Å². The predicted molar refractivity (Wildman–Crippen MR) is 66.7 cm³/mol. The Balaban J connectivity index is 2.07. The van der Waals surface area contributed by atoms with Gasteiger partial charge in [0.05, 0.1) is 13.2 Å². The van der Waals surface area contributed by atoms with Crippen molar-refractivity contribution in [1.82, 2.24) is 9.97 Å². The fourth-order valence-corrected chi connectivity index (χ4v) is 2.23. The molecule has 0 aromatic carbocycles. The van der Waals surface area contributed by atoms with Crippen LogP contribution in [0.25, 0.3) is 0 Å². The van der Waals surface area contributed by atoms with Crippen molar-refractivity contribution in [3.8, 4) is 11.6 Å². The van der Waals surface area contributed by atoms with Crippen LogP contribution in [0.15, 0.2) is 6.33 Å². The van der Waals surface area contributed by atoms with Gasteiger partial charge in [-0.1, -0.05) is 0 Å². The fraction of sp³-hybridized carbons (Fsp3) is 0.667. The Bertz CT molecular complexity index is 400. The molecule has 2 unspecified atom stereocenters. The molecule has 0 radical (unpaired) electrons. The van der Waals surface area contributed by atoms with Crippen molar-refractivity contribution in [3.05, 3.63) is 6.33 Å². The number of nitrogens with two attached hydrogens (primary N) is 1. The average molecular weight is 253 g/mol. The second-order valence-corrected chi connectivity index (χ2v) is 4.36. The molecule has 1 aliphatic carbocycles. The van der Waals surface area contributed by atoms with E-state index >= 15 is 0 Å². The molecule has 1 aromatic heterocycles. The Hall–Kier alpha value is -1.56. The van der Waals surface area contributed by atoms with Crippen LogP contribution in [0.4, 0.5) is 5.82 Å². The first-order chi connectivity index (χ1) is 8.74. The van der Waals surface area contributed by atoms with E-state index in [4.69, 9.17) is 19.9 Å². The molecule has 0 aliphatic heterocycles. The highest BCUT2D eigenvalue weighted by molar-refractivity contribution is 5.51. The maximum atomic E-state index is 5.85. The van der Waals surface area contributed by atoms with Crippen molar-refractivity contribution in [2.75, 3.05) is 20.0 Å². The quantitative estimate of drug-likeness (QED) is 0.873. The van der Waals surface area contributed by atoms with Gasteiger partial charge in [0.1, 0.15) is 12.4 Å². The van der Waals surface area contributed by atoms with Gasteiger partial charge in [0.15, 0.2) is 5.82 Å². The number of methoxy groups -OCH3 is 2. The SMILES string of the molecule is COc1c(N)ncnc1OC1CCCC(OC)C1. The number of nitrogen functional groups attached to an aromatic ring is 1. The molecule has 1 aromatic rings. The third-order valence-electron chi connectivity index (χ3n) is 3.19. The Morgan fingerprint density at radius 2 is 2.00 bits per heavy atom. The smallest absolute Gasteiger partial charge is 0.262 e. The summed E-state index contributed by atoms with van der Waals surface area (Å²) >= 11 is 0. The normalized spacial score (nSPS) is 23.7. The minimum Gasteiger partial charge on any atom is -0.489 e. The molecule has 0 amide bonds. The third-order valence-corrected chi connectivity index (χ3v) is 3.19. The predicted octanol–water partition coefficient (Wildman–Crippen LogP) is 1.40. The van der Waals surface area contributed by atoms with E-state index in [2.05, 4.69) is 9.97 Å². The van der Waals surface area contributed by atoms with Gasteiger partial charge in [-0.15, -0.1) is 0 Å². The summed E-state index contributed by atoms with van der Waals surface area (Å²) in [6.45, 7) is 0. The second kappa shape index (κ2) is 5.86. The summed E-state index contributed by atoms with van der Waals surface area (Å²) in [6.07, 6.45) is 5.76. The summed E-state index contributed by atoms with van der Waals surface area (Å²) in [5, 5.41) is 0. The monoisotopic (exact) mass is 253 g/mol. The zero-order valence-corrected chi connectivity index (χ0v) is 10.8. The molecule has 0 spiro atoms. The molecule has 1 saturated carbocycles. The van der Waals surface area contributed by atoms with Gasteiger partial charge in [0.2, 0.25) is 5.75 Å². The number of ether oxygens (including phenoxy) is 3. The van der Waals surface area contributed by atoms with Crippen LogP contribution in [0.1, 0.15) is 25.7 Å². The minimum absolute atomic E-state index is 0.0897. The van der Waals surface area contributed by atoms with Crippen LogP contribution in [0, 0.1) is 0 Å². The number of hydrogen-bond acceptors (Lipinski definition) is 6. The summed E-state index contributed by atoms with van der Waals surface area (Å²) in [4.78, 5) is 7.95. The van der Waals surface area contributed by atoms with Crippen molar-refractivity contribution >= 4 is 5.82 Å². The van der Waals surface area contributed by atoms with Crippen LogP contribution < -0.4 is 15.2 Å². The van der Waals surface area contributed by atoms with Crippen molar-refractivity contribution in [2.45, 2.75) is 37.9 Å². The average Bonchev–Trinajstić information content (AvgIpc) is 2.39. The van der Waals surface area contributed by atoms with Gasteiger partial charge < -0.3 is 19.9 Å². The highest BCUT2D eigenvalue weighted by atomic mass is 16.5. The Morgan fingerprint density at radius 1 is 1.22 bits per heavy atom. The first-order valence-corrected chi connectivity index (χ1v) is 6.08. The van der Waals surface area contributed by atoms with E-state index in [1.807, 2.05) is 0 Å². The van der Waals surface area contributed by atoms with Crippen molar-refractivity contribution in [3.63, 3.8) is 0 Å². The van der Waals surface area contributed by atoms with E-state index in [-0.39, 0.29) is 12.2 Å². The lowest BCUT2D eigenvalue weighted by Gasteiger charge is -2.28. The van der Waals surface area contributed by atoms with Crippen LogP contribution >= 0.6 is 0 Å². The molecule has 1 aliphatic rings. The van der Waals surface area contributed by atoms with Gasteiger partial charge in [0.25, 0.3) is 5.88 Å². The fourth-order valence-electron chi connectivity index (χ4n) is 2.23. The van der Waals surface area contributed by atoms with Crippen molar-refractivity contribution in [1.29, 1.82) is 0 Å². The van der Waals surface area contributed by atoms with Crippen LogP contribution in [0.3, 0.4) is 0 Å². The molecular formula is C12H19N3O3. The van der Waals surface area contributed by atoms with Gasteiger partial charge in [-0.25, -0.2) is 4.98 Å². The van der Waals surface area contributed by atoms with E-state index in [0.29, 0.717) is 17.4 Å². The molecule has 0 bridgehead atoms. The molecule has 100 valence electrons. The number of rotatable bonds is 4. The number of nitrogens with zero attached hydrogens (tertiary/aromatic N) is 2. The van der Waals surface area contributed by atoms with Gasteiger partial charge in [-0.2, -0.15) is 4.98 Å². The molecular weight excluding hydrogens is 234 g/mol. The van der Waals surface area contributed by atoms with E-state index in [1.54, 1.807) is 7.11 Å². The zero-order valence-electron chi connectivity index (χ0n) is 10.8. The van der Waals surface area contributed by atoms with Gasteiger partial charge >= 0.3 is 0 Å². The molecule has 2 N–H and O–H groups in total. The highest BCUT2D eigenvalue weighted by Gasteiger charge is 2.25. The lowest BCUT2D eigenvalue weighted by molar-refractivity contribution is 0.0186. The molecule has 6 nitrogen and oxygen atoms in total. The van der Waals surface area contributed by atoms with Crippen molar-refractivity contribution < 1.29 is 14.2 Å². The first-order valence-electron chi connectivity index (χ1n) is 6.08. The van der Waals surface area contributed by atoms with E-state index < -0.39 is 0 Å². The largest absolute Gasteiger partial charge is 0.489 e. The summed E-state index contributed by atoms with van der Waals surface area (Å²) in [5.74, 6) is 1.10. The third kappa shape index (κ3) is 2.81. The lowest BCUT2D eigenvalue weighted by Crippen LogP contribution is -2.29. The first kappa shape index (κ1) is 12.9. The summed E-state index contributed by atoms with van der Waals surface area (Å²) < 4.78 is 16.4. The Labute approximate surface area is 106 Å². The van der Waals surface area contributed by atoms with E-state index in [1.165, 1.54) is 13.4 Å². The molecule has 18 heavy (non-hydrogen) atoms. The highest BCUT2D eigenvalue weighted by Crippen LogP contribution is 2.32. The lowest BCUT2D eigenvalue weighted by atomic mass is 9.95. The molecule has 2 rings (SSSR count). The maximum absolute atomic E-state index is 5.85. The van der Waals surface area contributed by atoms with Crippen LogP contribution in [0.2, 0.25) is 0 Å².